The van der Waals surface area contributed by atoms with Crippen LogP contribution in [-0.4, -0.2) is 51.0 Å². The lowest BCUT2D eigenvalue weighted by molar-refractivity contribution is -0.129. The molecule has 0 aromatic heterocycles. The van der Waals surface area contributed by atoms with Gasteiger partial charge in [0.25, 0.3) is 0 Å². The second-order valence-electron chi connectivity index (χ2n) is 5.34. The number of morpholine rings is 1. The van der Waals surface area contributed by atoms with E-state index in [1.165, 1.54) is 0 Å². The lowest BCUT2D eigenvalue weighted by Crippen LogP contribution is -2.56. The number of nitrogens with one attached hydrogen (secondary N) is 2. The number of amides is 1. The average Bonchev–Trinajstić information content (AvgIpc) is 2.74. The van der Waals surface area contributed by atoms with Crippen molar-refractivity contribution in [1.29, 1.82) is 0 Å². The molecular weight excluding hydrogens is 220 g/mol. The number of rotatable bonds is 3. The molecule has 0 radical (unpaired) electrons. The van der Waals surface area contributed by atoms with E-state index in [1.54, 1.807) is 0 Å². The average molecular weight is 242 g/mol. The maximum atomic E-state index is 12.0. The van der Waals surface area contributed by atoms with Crippen LogP contribution in [0.2, 0.25) is 0 Å². The van der Waals surface area contributed by atoms with Crippen molar-refractivity contribution in [2.24, 2.45) is 5.41 Å². The molecule has 1 unspecified atom stereocenters. The molecule has 2 rings (SSSR count). The third-order valence-electron chi connectivity index (χ3n) is 3.59. The zero-order chi connectivity index (χ0) is 12.3. The Hall–Kier alpha value is -0.650. The van der Waals surface area contributed by atoms with E-state index >= 15 is 0 Å². The van der Waals surface area contributed by atoms with Gasteiger partial charge in [0.05, 0.1) is 19.3 Å². The van der Waals surface area contributed by atoms with Crippen LogP contribution in [0.3, 0.4) is 0 Å². The Labute approximate surface area is 102 Å². The zero-order valence-corrected chi connectivity index (χ0v) is 10.6. The summed E-state index contributed by atoms with van der Waals surface area (Å²) in [6.45, 7) is 7.70. The first-order valence-electron chi connectivity index (χ1n) is 6.31. The van der Waals surface area contributed by atoms with Crippen LogP contribution in [0.5, 0.6) is 0 Å². The van der Waals surface area contributed by atoms with Crippen molar-refractivity contribution in [3.63, 3.8) is 0 Å². The van der Waals surface area contributed by atoms with Gasteiger partial charge in [0.15, 0.2) is 0 Å². The predicted octanol–water partition coefficient (Wildman–Crippen LogP) is -0.0939. The summed E-state index contributed by atoms with van der Waals surface area (Å²) in [4.78, 5) is 12.0. The first-order valence-corrected chi connectivity index (χ1v) is 6.31. The molecule has 0 aromatic rings. The summed E-state index contributed by atoms with van der Waals surface area (Å²) in [6.07, 6.45) is 0.952. The Balaban J connectivity index is 1.80. The number of carbonyl (C=O) groups is 1. The van der Waals surface area contributed by atoms with Crippen LogP contribution >= 0.6 is 0 Å². The van der Waals surface area contributed by atoms with E-state index in [1.807, 2.05) is 6.92 Å². The van der Waals surface area contributed by atoms with Crippen molar-refractivity contribution in [1.82, 2.24) is 10.6 Å². The van der Waals surface area contributed by atoms with Crippen molar-refractivity contribution in [2.45, 2.75) is 32.4 Å². The maximum Gasteiger partial charge on any atom is 0.239 e. The van der Waals surface area contributed by atoms with Gasteiger partial charge in [-0.15, -0.1) is 0 Å². The van der Waals surface area contributed by atoms with Crippen molar-refractivity contribution in [3.8, 4) is 0 Å². The summed E-state index contributed by atoms with van der Waals surface area (Å²) in [5.74, 6) is 0.0327. The standard InChI is InChI=1S/C12H22N2O3/c1-9-10(13-4-6-17-9)11(15)14-7-12(2)3-5-16-8-12/h9-10,13H,3-8H2,1-2H3,(H,14,15)/t9-,10+,12?/m1/s1. The molecule has 0 aromatic carbocycles. The summed E-state index contributed by atoms with van der Waals surface area (Å²) in [5, 5.41) is 6.19. The third-order valence-corrected chi connectivity index (χ3v) is 3.59. The highest BCUT2D eigenvalue weighted by molar-refractivity contribution is 5.82. The first-order chi connectivity index (χ1) is 8.11. The highest BCUT2D eigenvalue weighted by Gasteiger charge is 2.33. The van der Waals surface area contributed by atoms with Gasteiger partial charge in [-0.2, -0.15) is 0 Å². The quantitative estimate of drug-likeness (QED) is 0.726. The fourth-order valence-corrected chi connectivity index (χ4v) is 2.29. The molecule has 17 heavy (non-hydrogen) atoms. The lowest BCUT2D eigenvalue weighted by atomic mass is 9.90. The van der Waals surface area contributed by atoms with Gasteiger partial charge in [0.1, 0.15) is 6.04 Å². The Kier molecular flexibility index (Phi) is 4.01. The number of ether oxygens (including phenoxy) is 2. The van der Waals surface area contributed by atoms with Gasteiger partial charge in [-0.3, -0.25) is 4.79 Å². The predicted molar refractivity (Wildman–Crippen MR) is 63.8 cm³/mol. The molecule has 0 bridgehead atoms. The first kappa shape index (κ1) is 12.8. The second-order valence-corrected chi connectivity index (χ2v) is 5.34. The van der Waals surface area contributed by atoms with E-state index in [0.29, 0.717) is 13.2 Å². The molecule has 5 nitrogen and oxygen atoms in total. The van der Waals surface area contributed by atoms with E-state index in [0.717, 1.165) is 26.2 Å². The molecule has 2 saturated heterocycles. The van der Waals surface area contributed by atoms with Crippen LogP contribution in [0.4, 0.5) is 0 Å². The summed E-state index contributed by atoms with van der Waals surface area (Å²) >= 11 is 0. The van der Waals surface area contributed by atoms with Gasteiger partial charge in [0.2, 0.25) is 5.91 Å². The molecule has 2 aliphatic rings. The SMILES string of the molecule is C[C@H]1OCCN[C@@H]1C(=O)NCC1(C)CCOC1. The largest absolute Gasteiger partial charge is 0.381 e. The van der Waals surface area contributed by atoms with Crippen LogP contribution in [-0.2, 0) is 14.3 Å². The van der Waals surface area contributed by atoms with Gasteiger partial charge in [-0.25, -0.2) is 0 Å². The van der Waals surface area contributed by atoms with Crippen molar-refractivity contribution in [3.05, 3.63) is 0 Å². The van der Waals surface area contributed by atoms with Gasteiger partial charge in [-0.1, -0.05) is 6.92 Å². The fourth-order valence-electron chi connectivity index (χ4n) is 2.29. The summed E-state index contributed by atoms with van der Waals surface area (Å²) in [6, 6.07) is -0.227. The topological polar surface area (TPSA) is 59.6 Å². The molecule has 3 atom stereocenters. The molecule has 2 heterocycles. The number of carbonyl (C=O) groups excluding carboxylic acids is 1. The van der Waals surface area contributed by atoms with E-state index in [-0.39, 0.29) is 23.5 Å². The molecule has 98 valence electrons. The van der Waals surface area contributed by atoms with E-state index in [4.69, 9.17) is 9.47 Å². The van der Waals surface area contributed by atoms with Crippen LogP contribution in [0.1, 0.15) is 20.3 Å². The Bertz CT molecular complexity index is 277. The smallest absolute Gasteiger partial charge is 0.239 e. The lowest BCUT2D eigenvalue weighted by Gasteiger charge is -2.30. The Morgan fingerprint density at radius 1 is 1.53 bits per heavy atom. The minimum Gasteiger partial charge on any atom is -0.381 e. The molecule has 0 aliphatic carbocycles. The molecule has 0 saturated carbocycles. The normalized spacial score (nSPS) is 38.0. The van der Waals surface area contributed by atoms with E-state index in [9.17, 15) is 4.79 Å². The van der Waals surface area contributed by atoms with Crippen LogP contribution in [0.25, 0.3) is 0 Å². The van der Waals surface area contributed by atoms with E-state index in [2.05, 4.69) is 17.6 Å². The molecule has 5 heteroatoms. The van der Waals surface area contributed by atoms with Crippen LogP contribution < -0.4 is 10.6 Å². The van der Waals surface area contributed by atoms with Gasteiger partial charge < -0.3 is 20.1 Å². The second kappa shape index (κ2) is 5.33. The van der Waals surface area contributed by atoms with Gasteiger partial charge in [0, 0.05) is 25.1 Å². The van der Waals surface area contributed by atoms with Crippen molar-refractivity contribution in [2.75, 3.05) is 32.9 Å². The van der Waals surface area contributed by atoms with Crippen LogP contribution in [0.15, 0.2) is 0 Å². The highest BCUT2D eigenvalue weighted by Crippen LogP contribution is 2.26. The molecule has 2 aliphatic heterocycles. The highest BCUT2D eigenvalue weighted by atomic mass is 16.5. The summed E-state index contributed by atoms with van der Waals surface area (Å²) < 4.78 is 10.8. The minimum absolute atomic E-state index is 0.0327. The Morgan fingerprint density at radius 2 is 2.35 bits per heavy atom. The molecule has 2 N–H and O–H groups in total. The summed E-state index contributed by atoms with van der Waals surface area (Å²) in [5.41, 5.74) is 0.0917. The molecule has 1 amide bonds. The zero-order valence-electron chi connectivity index (χ0n) is 10.6. The van der Waals surface area contributed by atoms with Crippen LogP contribution in [0, 0.1) is 5.41 Å². The maximum absolute atomic E-state index is 12.0. The third kappa shape index (κ3) is 3.18. The molecule has 2 fully saturated rings. The number of hydrogen-bond donors (Lipinski definition) is 2. The Morgan fingerprint density at radius 3 is 3.00 bits per heavy atom. The molecule has 0 spiro atoms. The summed E-state index contributed by atoms with van der Waals surface area (Å²) in [7, 11) is 0. The van der Waals surface area contributed by atoms with E-state index < -0.39 is 0 Å². The van der Waals surface area contributed by atoms with Crippen molar-refractivity contribution < 1.29 is 14.3 Å². The fraction of sp³-hybridized carbons (Fsp3) is 0.917. The van der Waals surface area contributed by atoms with Crippen molar-refractivity contribution >= 4 is 5.91 Å². The monoisotopic (exact) mass is 242 g/mol. The van der Waals surface area contributed by atoms with Gasteiger partial charge >= 0.3 is 0 Å². The number of hydrogen-bond acceptors (Lipinski definition) is 4. The van der Waals surface area contributed by atoms with Gasteiger partial charge in [-0.05, 0) is 13.3 Å². The molecular formula is C12H22N2O3. The minimum atomic E-state index is -0.227.